The lowest BCUT2D eigenvalue weighted by molar-refractivity contribution is 0.355. The maximum Gasteiger partial charge on any atom is 0.162 e. The molecule has 19 heavy (non-hydrogen) atoms. The van der Waals surface area contributed by atoms with Crippen LogP contribution in [0.3, 0.4) is 0 Å². The van der Waals surface area contributed by atoms with E-state index in [0.717, 1.165) is 23.3 Å². The van der Waals surface area contributed by atoms with Crippen LogP contribution in [0.1, 0.15) is 25.7 Å². The van der Waals surface area contributed by atoms with Crippen LogP contribution in [0, 0.1) is 11.8 Å². The normalized spacial score (nSPS) is 28.5. The fourth-order valence-corrected chi connectivity index (χ4v) is 3.79. The third-order valence-electron chi connectivity index (χ3n) is 4.55. The van der Waals surface area contributed by atoms with Gasteiger partial charge in [0.15, 0.2) is 11.5 Å². The summed E-state index contributed by atoms with van der Waals surface area (Å²) in [4.78, 5) is 0. The zero-order valence-corrected chi connectivity index (χ0v) is 12.2. The molecule has 3 rings (SSSR count). The molecular formula is C15H20ClNO2. The first-order valence-electron chi connectivity index (χ1n) is 6.89. The quantitative estimate of drug-likeness (QED) is 0.906. The van der Waals surface area contributed by atoms with E-state index < -0.39 is 0 Å². The number of ether oxygens (including phenoxy) is 2. The third-order valence-corrected chi connectivity index (χ3v) is 4.86. The Kier molecular flexibility index (Phi) is 3.48. The molecule has 3 unspecified atom stereocenters. The number of anilines is 1. The molecule has 1 N–H and O–H groups in total. The fraction of sp³-hybridized carbons (Fsp3) is 0.600. The Morgan fingerprint density at radius 1 is 1.11 bits per heavy atom. The lowest BCUT2D eigenvalue weighted by atomic mass is 9.95. The SMILES string of the molecule is COc1cc(Cl)c(NC2CC3CCC2C3)cc1OC. The van der Waals surface area contributed by atoms with Gasteiger partial charge in [-0.2, -0.15) is 0 Å². The van der Waals surface area contributed by atoms with Crippen LogP contribution in [0.4, 0.5) is 5.69 Å². The zero-order chi connectivity index (χ0) is 13.4. The number of nitrogens with one attached hydrogen (secondary N) is 1. The molecule has 1 aromatic rings. The lowest BCUT2D eigenvalue weighted by Gasteiger charge is -2.25. The maximum absolute atomic E-state index is 6.32. The van der Waals surface area contributed by atoms with Crippen molar-refractivity contribution in [1.82, 2.24) is 0 Å². The topological polar surface area (TPSA) is 30.5 Å². The summed E-state index contributed by atoms with van der Waals surface area (Å²) in [5, 5.41) is 4.29. The molecule has 1 aromatic carbocycles. The Balaban J connectivity index is 1.80. The molecule has 104 valence electrons. The summed E-state index contributed by atoms with van der Waals surface area (Å²) in [7, 11) is 3.27. The van der Waals surface area contributed by atoms with Crippen LogP contribution in [-0.4, -0.2) is 20.3 Å². The van der Waals surface area contributed by atoms with Gasteiger partial charge in [0.05, 0.1) is 24.9 Å². The van der Waals surface area contributed by atoms with Crippen molar-refractivity contribution in [2.75, 3.05) is 19.5 Å². The summed E-state index contributed by atoms with van der Waals surface area (Å²) in [5.74, 6) is 3.12. The number of hydrogen-bond donors (Lipinski definition) is 1. The Bertz CT molecular complexity index is 477. The Morgan fingerprint density at radius 2 is 1.84 bits per heavy atom. The van der Waals surface area contributed by atoms with Crippen molar-refractivity contribution in [1.29, 1.82) is 0 Å². The molecule has 2 aliphatic rings. The molecule has 2 saturated carbocycles. The van der Waals surface area contributed by atoms with Gasteiger partial charge in [-0.05, 0) is 31.1 Å². The smallest absolute Gasteiger partial charge is 0.162 e. The van der Waals surface area contributed by atoms with E-state index in [1.165, 1.54) is 25.7 Å². The van der Waals surface area contributed by atoms with Crippen molar-refractivity contribution in [3.05, 3.63) is 17.2 Å². The van der Waals surface area contributed by atoms with E-state index in [1.807, 2.05) is 12.1 Å². The molecule has 0 spiro atoms. The summed E-state index contributed by atoms with van der Waals surface area (Å²) >= 11 is 6.32. The molecular weight excluding hydrogens is 262 g/mol. The highest BCUT2D eigenvalue weighted by Gasteiger charge is 2.39. The number of fused-ring (bicyclic) bond motifs is 2. The number of benzene rings is 1. The molecule has 0 saturated heterocycles. The van der Waals surface area contributed by atoms with Crippen LogP contribution in [-0.2, 0) is 0 Å². The second-order valence-electron chi connectivity index (χ2n) is 5.61. The molecule has 0 aliphatic heterocycles. The van der Waals surface area contributed by atoms with Crippen molar-refractivity contribution in [3.63, 3.8) is 0 Å². The molecule has 2 aliphatic carbocycles. The molecule has 2 bridgehead atoms. The zero-order valence-electron chi connectivity index (χ0n) is 11.4. The van der Waals surface area contributed by atoms with E-state index >= 15 is 0 Å². The van der Waals surface area contributed by atoms with Gasteiger partial charge in [-0.1, -0.05) is 18.0 Å². The van der Waals surface area contributed by atoms with E-state index in [9.17, 15) is 0 Å². The first-order chi connectivity index (χ1) is 9.21. The van der Waals surface area contributed by atoms with Crippen LogP contribution < -0.4 is 14.8 Å². The standard InChI is InChI=1S/C15H20ClNO2/c1-18-14-7-11(16)13(8-15(14)19-2)17-12-6-9-3-4-10(12)5-9/h7-10,12,17H,3-6H2,1-2H3. The summed E-state index contributed by atoms with van der Waals surface area (Å²) in [5.41, 5.74) is 0.955. The number of hydrogen-bond acceptors (Lipinski definition) is 3. The highest BCUT2D eigenvalue weighted by Crippen LogP contribution is 2.46. The number of halogens is 1. The first kappa shape index (κ1) is 12.9. The van der Waals surface area contributed by atoms with Crippen LogP contribution in [0.2, 0.25) is 5.02 Å². The first-order valence-corrected chi connectivity index (χ1v) is 7.27. The fourth-order valence-electron chi connectivity index (χ4n) is 3.59. The summed E-state index contributed by atoms with van der Waals surface area (Å²) < 4.78 is 10.6. The number of rotatable bonds is 4. The monoisotopic (exact) mass is 281 g/mol. The highest BCUT2D eigenvalue weighted by atomic mass is 35.5. The summed E-state index contributed by atoms with van der Waals surface area (Å²) in [6.45, 7) is 0. The van der Waals surface area contributed by atoms with E-state index in [0.29, 0.717) is 16.8 Å². The van der Waals surface area contributed by atoms with Crippen LogP contribution in [0.5, 0.6) is 11.5 Å². The molecule has 0 heterocycles. The largest absolute Gasteiger partial charge is 0.493 e. The van der Waals surface area contributed by atoms with Crippen LogP contribution in [0.15, 0.2) is 12.1 Å². The highest BCUT2D eigenvalue weighted by molar-refractivity contribution is 6.33. The van der Waals surface area contributed by atoms with Gasteiger partial charge in [0.1, 0.15) is 0 Å². The van der Waals surface area contributed by atoms with Crippen molar-refractivity contribution in [2.24, 2.45) is 11.8 Å². The van der Waals surface area contributed by atoms with E-state index in [2.05, 4.69) is 5.32 Å². The van der Waals surface area contributed by atoms with Crippen molar-refractivity contribution >= 4 is 17.3 Å². The van der Waals surface area contributed by atoms with E-state index in [1.54, 1.807) is 14.2 Å². The van der Waals surface area contributed by atoms with Gasteiger partial charge < -0.3 is 14.8 Å². The second kappa shape index (κ2) is 5.12. The van der Waals surface area contributed by atoms with Crippen molar-refractivity contribution < 1.29 is 9.47 Å². The van der Waals surface area contributed by atoms with Gasteiger partial charge in [-0.25, -0.2) is 0 Å². The van der Waals surface area contributed by atoms with E-state index in [4.69, 9.17) is 21.1 Å². The molecule has 4 heteroatoms. The molecule has 0 radical (unpaired) electrons. The van der Waals surface area contributed by atoms with Crippen molar-refractivity contribution in [2.45, 2.75) is 31.7 Å². The van der Waals surface area contributed by atoms with Crippen LogP contribution >= 0.6 is 11.6 Å². The van der Waals surface area contributed by atoms with Gasteiger partial charge in [0.2, 0.25) is 0 Å². The third kappa shape index (κ3) is 2.36. The summed E-state index contributed by atoms with van der Waals surface area (Å²) in [6.07, 6.45) is 5.41. The molecule has 0 aromatic heterocycles. The minimum atomic E-state index is 0.564. The van der Waals surface area contributed by atoms with Gasteiger partial charge in [-0.15, -0.1) is 0 Å². The molecule has 0 amide bonds. The van der Waals surface area contributed by atoms with Gasteiger partial charge in [0, 0.05) is 18.2 Å². The van der Waals surface area contributed by atoms with Gasteiger partial charge in [0.25, 0.3) is 0 Å². The lowest BCUT2D eigenvalue weighted by Crippen LogP contribution is -2.25. The molecule has 3 nitrogen and oxygen atoms in total. The predicted octanol–water partition coefficient (Wildman–Crippen LogP) is 3.96. The van der Waals surface area contributed by atoms with Gasteiger partial charge in [-0.3, -0.25) is 0 Å². The minimum Gasteiger partial charge on any atom is -0.493 e. The van der Waals surface area contributed by atoms with Gasteiger partial charge >= 0.3 is 0 Å². The molecule has 2 fully saturated rings. The average Bonchev–Trinajstić information content (AvgIpc) is 3.03. The van der Waals surface area contributed by atoms with E-state index in [-0.39, 0.29) is 0 Å². The maximum atomic E-state index is 6.32. The van der Waals surface area contributed by atoms with Crippen molar-refractivity contribution in [3.8, 4) is 11.5 Å². The molecule has 3 atom stereocenters. The minimum absolute atomic E-state index is 0.564. The Morgan fingerprint density at radius 3 is 2.42 bits per heavy atom. The average molecular weight is 282 g/mol. The Labute approximate surface area is 119 Å². The number of methoxy groups -OCH3 is 2. The predicted molar refractivity (Wildman–Crippen MR) is 77.4 cm³/mol. The van der Waals surface area contributed by atoms with Crippen LogP contribution in [0.25, 0.3) is 0 Å². The second-order valence-corrected chi connectivity index (χ2v) is 6.02. The Hall–Kier alpha value is -1.09. The summed E-state index contributed by atoms with van der Waals surface area (Å²) in [6, 6.07) is 4.32.